The minimum Gasteiger partial charge on any atom is -0.334 e. The monoisotopic (exact) mass is 293 g/mol. The number of nitrogens with zero attached hydrogens (tertiary/aromatic N) is 1. The molecule has 0 heterocycles. The SMILES string of the molecule is CCc1ccccc1C(=O)N(CCCl)C1CCCCC1. The largest absolute Gasteiger partial charge is 0.334 e. The molecule has 0 atom stereocenters. The summed E-state index contributed by atoms with van der Waals surface area (Å²) >= 11 is 5.93. The van der Waals surface area contributed by atoms with Crippen molar-refractivity contribution in [2.75, 3.05) is 12.4 Å². The number of halogens is 1. The van der Waals surface area contributed by atoms with E-state index in [-0.39, 0.29) is 5.91 Å². The first-order valence-corrected chi connectivity index (χ1v) is 8.26. The lowest BCUT2D eigenvalue weighted by Crippen LogP contribution is -2.43. The van der Waals surface area contributed by atoms with Crippen LogP contribution in [0.4, 0.5) is 0 Å². The van der Waals surface area contributed by atoms with Crippen molar-refractivity contribution in [3.63, 3.8) is 0 Å². The summed E-state index contributed by atoms with van der Waals surface area (Å²) in [6.07, 6.45) is 6.89. The van der Waals surface area contributed by atoms with Gasteiger partial charge in [-0.2, -0.15) is 0 Å². The smallest absolute Gasteiger partial charge is 0.254 e. The van der Waals surface area contributed by atoms with Gasteiger partial charge in [0.2, 0.25) is 0 Å². The first kappa shape index (κ1) is 15.4. The standard InChI is InChI=1S/C17H24ClNO/c1-2-14-8-6-7-11-16(14)17(20)19(13-12-18)15-9-4-3-5-10-15/h6-8,11,15H,2-5,9-10,12-13H2,1H3. The molecule has 1 aliphatic carbocycles. The fourth-order valence-electron chi connectivity index (χ4n) is 3.13. The number of amides is 1. The zero-order chi connectivity index (χ0) is 14.4. The third-order valence-corrected chi connectivity index (χ3v) is 4.40. The quantitative estimate of drug-likeness (QED) is 0.743. The molecule has 0 unspecified atom stereocenters. The summed E-state index contributed by atoms with van der Waals surface area (Å²) in [5.41, 5.74) is 1.98. The number of hydrogen-bond acceptors (Lipinski definition) is 1. The molecule has 0 aromatic heterocycles. The molecule has 3 heteroatoms. The van der Waals surface area contributed by atoms with Crippen LogP contribution in [0.25, 0.3) is 0 Å². The van der Waals surface area contributed by atoms with Crippen molar-refractivity contribution in [2.24, 2.45) is 0 Å². The van der Waals surface area contributed by atoms with Gasteiger partial charge in [-0.15, -0.1) is 11.6 Å². The van der Waals surface area contributed by atoms with E-state index in [4.69, 9.17) is 11.6 Å². The summed E-state index contributed by atoms with van der Waals surface area (Å²) in [6, 6.07) is 8.33. The molecule has 0 aliphatic heterocycles. The van der Waals surface area contributed by atoms with Gasteiger partial charge >= 0.3 is 0 Å². The lowest BCUT2D eigenvalue weighted by atomic mass is 9.93. The van der Waals surface area contributed by atoms with Crippen LogP contribution in [0.5, 0.6) is 0 Å². The van der Waals surface area contributed by atoms with Crippen LogP contribution in [0.3, 0.4) is 0 Å². The maximum atomic E-state index is 12.9. The molecule has 0 spiro atoms. The average molecular weight is 294 g/mol. The minimum atomic E-state index is 0.162. The molecular formula is C17H24ClNO. The Morgan fingerprint density at radius 1 is 1.25 bits per heavy atom. The second-order valence-electron chi connectivity index (χ2n) is 5.49. The Morgan fingerprint density at radius 2 is 1.95 bits per heavy atom. The molecule has 110 valence electrons. The summed E-state index contributed by atoms with van der Waals surface area (Å²) in [7, 11) is 0. The average Bonchev–Trinajstić information content (AvgIpc) is 2.52. The van der Waals surface area contributed by atoms with Crippen LogP contribution in [0.1, 0.15) is 54.9 Å². The van der Waals surface area contributed by atoms with Crippen molar-refractivity contribution in [3.05, 3.63) is 35.4 Å². The summed E-state index contributed by atoms with van der Waals surface area (Å²) in [5, 5.41) is 0. The van der Waals surface area contributed by atoms with E-state index >= 15 is 0 Å². The van der Waals surface area contributed by atoms with Crippen molar-refractivity contribution in [1.82, 2.24) is 4.90 Å². The van der Waals surface area contributed by atoms with E-state index in [1.54, 1.807) is 0 Å². The van der Waals surface area contributed by atoms with E-state index in [2.05, 4.69) is 6.92 Å². The summed E-state index contributed by atoms with van der Waals surface area (Å²) < 4.78 is 0. The van der Waals surface area contributed by atoms with E-state index in [1.165, 1.54) is 19.3 Å². The molecular weight excluding hydrogens is 270 g/mol. The summed E-state index contributed by atoms with van der Waals surface area (Å²) in [5.74, 6) is 0.672. The summed E-state index contributed by atoms with van der Waals surface area (Å²) in [4.78, 5) is 14.9. The number of carbonyl (C=O) groups is 1. The fraction of sp³-hybridized carbons (Fsp3) is 0.588. The topological polar surface area (TPSA) is 20.3 Å². The molecule has 0 saturated heterocycles. The minimum absolute atomic E-state index is 0.162. The van der Waals surface area contributed by atoms with Crippen LogP contribution in [-0.2, 0) is 6.42 Å². The van der Waals surface area contributed by atoms with Gasteiger partial charge in [-0.05, 0) is 30.9 Å². The molecule has 2 nitrogen and oxygen atoms in total. The lowest BCUT2D eigenvalue weighted by Gasteiger charge is -2.34. The van der Waals surface area contributed by atoms with Gasteiger partial charge < -0.3 is 4.90 Å². The van der Waals surface area contributed by atoms with Crippen LogP contribution in [0.2, 0.25) is 0 Å². The van der Waals surface area contributed by atoms with E-state index in [0.717, 1.165) is 30.4 Å². The second kappa shape index (κ2) is 7.68. The van der Waals surface area contributed by atoms with Gasteiger partial charge in [0.25, 0.3) is 5.91 Å². The molecule has 0 bridgehead atoms. The van der Waals surface area contributed by atoms with Crippen molar-refractivity contribution in [2.45, 2.75) is 51.5 Å². The lowest BCUT2D eigenvalue weighted by molar-refractivity contribution is 0.0648. The Hall–Kier alpha value is -1.02. The van der Waals surface area contributed by atoms with Crippen molar-refractivity contribution in [1.29, 1.82) is 0 Å². The first-order chi connectivity index (χ1) is 9.77. The van der Waals surface area contributed by atoms with Gasteiger partial charge in [-0.25, -0.2) is 0 Å². The number of rotatable bonds is 5. The van der Waals surface area contributed by atoms with Crippen molar-refractivity contribution < 1.29 is 4.79 Å². The molecule has 20 heavy (non-hydrogen) atoms. The predicted octanol–water partition coefficient (Wildman–Crippen LogP) is 4.26. The number of benzene rings is 1. The molecule has 0 radical (unpaired) electrons. The van der Waals surface area contributed by atoms with Crippen molar-refractivity contribution in [3.8, 4) is 0 Å². The predicted molar refractivity (Wildman–Crippen MR) is 84.4 cm³/mol. The third-order valence-electron chi connectivity index (χ3n) is 4.23. The molecule has 1 fully saturated rings. The van der Waals surface area contributed by atoms with Crippen LogP contribution in [0.15, 0.2) is 24.3 Å². The molecule has 1 amide bonds. The van der Waals surface area contributed by atoms with Gasteiger partial charge in [-0.1, -0.05) is 44.4 Å². The van der Waals surface area contributed by atoms with E-state index in [9.17, 15) is 4.79 Å². The number of aryl methyl sites for hydroxylation is 1. The van der Waals surface area contributed by atoms with E-state index < -0.39 is 0 Å². The Morgan fingerprint density at radius 3 is 2.60 bits per heavy atom. The van der Waals surface area contributed by atoms with Gasteiger partial charge in [0.1, 0.15) is 0 Å². The molecule has 0 N–H and O–H groups in total. The fourth-order valence-corrected chi connectivity index (χ4v) is 3.31. The number of carbonyl (C=O) groups excluding carboxylic acids is 1. The van der Waals surface area contributed by atoms with Crippen LogP contribution < -0.4 is 0 Å². The van der Waals surface area contributed by atoms with Crippen LogP contribution in [-0.4, -0.2) is 29.3 Å². The highest BCUT2D eigenvalue weighted by Crippen LogP contribution is 2.25. The van der Waals surface area contributed by atoms with Crippen LogP contribution >= 0.6 is 11.6 Å². The number of hydrogen-bond donors (Lipinski definition) is 0. The Balaban J connectivity index is 2.21. The second-order valence-corrected chi connectivity index (χ2v) is 5.87. The van der Waals surface area contributed by atoms with Crippen molar-refractivity contribution >= 4 is 17.5 Å². The molecule has 1 aromatic rings. The third kappa shape index (κ3) is 3.54. The van der Waals surface area contributed by atoms with Gasteiger partial charge in [0, 0.05) is 24.0 Å². The van der Waals surface area contributed by atoms with Crippen LogP contribution in [0, 0.1) is 0 Å². The zero-order valence-corrected chi connectivity index (χ0v) is 13.0. The summed E-state index contributed by atoms with van der Waals surface area (Å²) in [6.45, 7) is 2.75. The molecule has 2 rings (SSSR count). The maximum absolute atomic E-state index is 12.9. The van der Waals surface area contributed by atoms with E-state index in [0.29, 0.717) is 18.5 Å². The van der Waals surface area contributed by atoms with Gasteiger partial charge in [0.05, 0.1) is 0 Å². The normalized spacial score (nSPS) is 16.1. The maximum Gasteiger partial charge on any atom is 0.254 e. The van der Waals surface area contributed by atoms with Gasteiger partial charge in [0.15, 0.2) is 0 Å². The highest BCUT2D eigenvalue weighted by atomic mass is 35.5. The Kier molecular flexibility index (Phi) is 5.90. The number of alkyl halides is 1. The van der Waals surface area contributed by atoms with E-state index in [1.807, 2.05) is 29.2 Å². The first-order valence-electron chi connectivity index (χ1n) is 7.72. The Bertz CT molecular complexity index is 440. The molecule has 1 saturated carbocycles. The highest BCUT2D eigenvalue weighted by Gasteiger charge is 2.26. The Labute approximate surface area is 127 Å². The molecule has 1 aromatic carbocycles. The van der Waals surface area contributed by atoms with Gasteiger partial charge in [-0.3, -0.25) is 4.79 Å². The zero-order valence-electron chi connectivity index (χ0n) is 12.3. The highest BCUT2D eigenvalue weighted by molar-refractivity contribution is 6.18. The molecule has 1 aliphatic rings.